The predicted octanol–water partition coefficient (Wildman–Crippen LogP) is 3.50. The summed E-state index contributed by atoms with van der Waals surface area (Å²) < 4.78 is 62.6. The third-order valence-electron chi connectivity index (χ3n) is 6.63. The number of carbonyl (C=O) groups is 2. The highest BCUT2D eigenvalue weighted by atomic mass is 32.2. The quantitative estimate of drug-likeness (QED) is 0.237. The Balaban J connectivity index is 1.51. The zero-order valence-corrected chi connectivity index (χ0v) is 23.6. The molecule has 1 unspecified atom stereocenters. The van der Waals surface area contributed by atoms with Crippen molar-refractivity contribution >= 4 is 38.6 Å². The van der Waals surface area contributed by atoms with Crippen LogP contribution in [0.1, 0.15) is 41.6 Å². The molecule has 4 rings (SSSR count). The SMILES string of the molecule is CC(OCCOCCOCCN(c1cc2oc(-c3ccc(F)cc3)c(C(N)=O)c2cc1C1CC1)S(C)(=O)=O)C(=O)O. The number of amides is 1. The van der Waals surface area contributed by atoms with Crippen LogP contribution in [-0.2, 0) is 29.0 Å². The molecule has 0 bridgehead atoms. The Bertz CT molecular complexity index is 1500. The van der Waals surface area contributed by atoms with Crippen LogP contribution in [0.3, 0.4) is 0 Å². The van der Waals surface area contributed by atoms with Gasteiger partial charge in [0, 0.05) is 17.0 Å². The monoisotopic (exact) mass is 592 g/mol. The van der Waals surface area contributed by atoms with Crippen molar-refractivity contribution < 1.29 is 46.1 Å². The lowest BCUT2D eigenvalue weighted by molar-refractivity contribution is -0.150. The smallest absolute Gasteiger partial charge is 0.332 e. The molecule has 1 amide bonds. The van der Waals surface area contributed by atoms with E-state index in [0.717, 1.165) is 24.7 Å². The summed E-state index contributed by atoms with van der Waals surface area (Å²) in [6, 6.07) is 8.83. The normalized spacial score (nSPS) is 14.3. The molecule has 0 radical (unpaired) electrons. The summed E-state index contributed by atoms with van der Waals surface area (Å²) in [4.78, 5) is 23.2. The number of sulfonamides is 1. The van der Waals surface area contributed by atoms with Gasteiger partial charge in [-0.25, -0.2) is 17.6 Å². The number of fused-ring (bicyclic) bond motifs is 1. The van der Waals surface area contributed by atoms with Gasteiger partial charge in [-0.3, -0.25) is 9.10 Å². The van der Waals surface area contributed by atoms with E-state index in [-0.39, 0.29) is 62.4 Å². The first-order valence-electron chi connectivity index (χ1n) is 13.1. The van der Waals surface area contributed by atoms with Gasteiger partial charge in [0.15, 0.2) is 6.10 Å². The van der Waals surface area contributed by atoms with Crippen LogP contribution in [0.15, 0.2) is 40.8 Å². The van der Waals surface area contributed by atoms with E-state index in [0.29, 0.717) is 16.6 Å². The highest BCUT2D eigenvalue weighted by Gasteiger charge is 2.33. The highest BCUT2D eigenvalue weighted by Crippen LogP contribution is 2.48. The highest BCUT2D eigenvalue weighted by molar-refractivity contribution is 7.92. The average molecular weight is 593 g/mol. The maximum atomic E-state index is 13.5. The summed E-state index contributed by atoms with van der Waals surface area (Å²) in [7, 11) is -3.73. The molecule has 41 heavy (non-hydrogen) atoms. The zero-order chi connectivity index (χ0) is 29.7. The zero-order valence-electron chi connectivity index (χ0n) is 22.8. The Morgan fingerprint density at radius 1 is 1.10 bits per heavy atom. The number of nitrogens with zero attached hydrogens (tertiary/aromatic N) is 1. The number of benzene rings is 2. The average Bonchev–Trinajstić information content (AvgIpc) is 3.68. The third kappa shape index (κ3) is 7.61. The molecular formula is C28H33FN2O9S. The Morgan fingerprint density at radius 2 is 1.73 bits per heavy atom. The second-order valence-corrected chi connectivity index (χ2v) is 11.7. The fourth-order valence-electron chi connectivity index (χ4n) is 4.42. The van der Waals surface area contributed by atoms with E-state index in [1.54, 1.807) is 12.1 Å². The predicted molar refractivity (Wildman–Crippen MR) is 149 cm³/mol. The maximum Gasteiger partial charge on any atom is 0.332 e. The maximum absolute atomic E-state index is 13.5. The number of carboxylic acid groups (broad SMARTS) is 1. The van der Waals surface area contributed by atoms with Crippen molar-refractivity contribution in [1.82, 2.24) is 0 Å². The van der Waals surface area contributed by atoms with E-state index in [4.69, 9.17) is 29.5 Å². The molecule has 11 nitrogen and oxygen atoms in total. The van der Waals surface area contributed by atoms with Crippen LogP contribution in [0.4, 0.5) is 10.1 Å². The molecule has 3 N–H and O–H groups in total. The van der Waals surface area contributed by atoms with Crippen LogP contribution >= 0.6 is 0 Å². The van der Waals surface area contributed by atoms with Crippen molar-refractivity contribution in [1.29, 1.82) is 0 Å². The number of rotatable bonds is 16. The number of carboxylic acids is 1. The van der Waals surface area contributed by atoms with Gasteiger partial charge in [0.1, 0.15) is 17.2 Å². The van der Waals surface area contributed by atoms with E-state index in [1.807, 2.05) is 0 Å². The Kier molecular flexibility index (Phi) is 9.64. The molecule has 1 fully saturated rings. The van der Waals surface area contributed by atoms with Crippen molar-refractivity contribution in [3.63, 3.8) is 0 Å². The molecule has 1 aliphatic carbocycles. The molecule has 222 valence electrons. The van der Waals surface area contributed by atoms with E-state index in [2.05, 4.69) is 0 Å². The van der Waals surface area contributed by atoms with Gasteiger partial charge >= 0.3 is 5.97 Å². The van der Waals surface area contributed by atoms with Crippen LogP contribution in [0.2, 0.25) is 0 Å². The van der Waals surface area contributed by atoms with E-state index < -0.39 is 33.8 Å². The molecule has 13 heteroatoms. The molecule has 0 aliphatic heterocycles. The number of halogens is 1. The van der Waals surface area contributed by atoms with Gasteiger partial charge in [-0.2, -0.15) is 0 Å². The van der Waals surface area contributed by atoms with Crippen molar-refractivity contribution in [2.75, 3.05) is 50.1 Å². The van der Waals surface area contributed by atoms with Crippen LogP contribution in [0, 0.1) is 5.82 Å². The van der Waals surface area contributed by atoms with Crippen LogP contribution < -0.4 is 10.0 Å². The number of hydrogen-bond donors (Lipinski definition) is 2. The first-order valence-corrected chi connectivity index (χ1v) is 15.0. The van der Waals surface area contributed by atoms with Crippen molar-refractivity contribution in [2.45, 2.75) is 31.8 Å². The van der Waals surface area contributed by atoms with Gasteiger partial charge in [0.05, 0.1) is 57.1 Å². The van der Waals surface area contributed by atoms with Crippen molar-refractivity contribution in [2.24, 2.45) is 5.73 Å². The molecule has 0 saturated heterocycles. The van der Waals surface area contributed by atoms with Gasteiger partial charge in [-0.15, -0.1) is 0 Å². The number of aliphatic carboxylic acids is 1. The Morgan fingerprint density at radius 3 is 2.32 bits per heavy atom. The summed E-state index contributed by atoms with van der Waals surface area (Å²) in [5, 5.41) is 9.26. The second kappa shape index (κ2) is 13.0. The number of ether oxygens (including phenoxy) is 3. The van der Waals surface area contributed by atoms with E-state index in [1.165, 1.54) is 35.5 Å². The van der Waals surface area contributed by atoms with E-state index in [9.17, 15) is 22.4 Å². The molecule has 1 saturated carbocycles. The van der Waals surface area contributed by atoms with Crippen LogP contribution in [0.5, 0.6) is 0 Å². The minimum Gasteiger partial charge on any atom is -0.479 e. The number of nitrogens with two attached hydrogens (primary N) is 1. The van der Waals surface area contributed by atoms with Crippen LogP contribution in [0.25, 0.3) is 22.3 Å². The Labute approximate surface area is 237 Å². The second-order valence-electron chi connectivity index (χ2n) is 9.77. The lowest BCUT2D eigenvalue weighted by Gasteiger charge is -2.25. The largest absolute Gasteiger partial charge is 0.479 e. The van der Waals surface area contributed by atoms with Gasteiger partial charge in [0.2, 0.25) is 10.0 Å². The van der Waals surface area contributed by atoms with Crippen LogP contribution in [-0.4, -0.2) is 77.3 Å². The summed E-state index contributed by atoms with van der Waals surface area (Å²) in [5.41, 5.74) is 7.81. The van der Waals surface area contributed by atoms with Gasteiger partial charge in [-0.05, 0) is 61.6 Å². The Hall–Kier alpha value is -3.52. The first-order chi connectivity index (χ1) is 19.5. The number of hydrogen-bond acceptors (Lipinski definition) is 8. The van der Waals surface area contributed by atoms with Crippen molar-refractivity contribution in [3.05, 3.63) is 53.3 Å². The van der Waals surface area contributed by atoms with Gasteiger partial charge in [-0.1, -0.05) is 0 Å². The molecule has 0 spiro atoms. The number of anilines is 1. The summed E-state index contributed by atoms with van der Waals surface area (Å²) in [6.07, 6.45) is 1.92. The summed E-state index contributed by atoms with van der Waals surface area (Å²) in [6.45, 7) is 2.26. The fourth-order valence-corrected chi connectivity index (χ4v) is 5.35. The lowest BCUT2D eigenvalue weighted by Crippen LogP contribution is -2.34. The molecule has 1 aromatic heterocycles. The topological polar surface area (TPSA) is 159 Å². The summed E-state index contributed by atoms with van der Waals surface area (Å²) >= 11 is 0. The molecule has 1 aliphatic rings. The fraction of sp³-hybridized carbons (Fsp3) is 0.429. The molecular weight excluding hydrogens is 559 g/mol. The summed E-state index contributed by atoms with van der Waals surface area (Å²) in [5.74, 6) is -1.91. The molecule has 1 heterocycles. The molecule has 1 atom stereocenters. The van der Waals surface area contributed by atoms with Gasteiger partial charge in [0.25, 0.3) is 5.91 Å². The number of primary amides is 1. The molecule has 3 aromatic rings. The lowest BCUT2D eigenvalue weighted by atomic mass is 10.0. The first kappa shape index (κ1) is 30.4. The number of furan rings is 1. The van der Waals surface area contributed by atoms with Gasteiger partial charge < -0.3 is 29.5 Å². The van der Waals surface area contributed by atoms with Crippen molar-refractivity contribution in [3.8, 4) is 11.3 Å². The van der Waals surface area contributed by atoms with E-state index >= 15 is 0 Å². The minimum absolute atomic E-state index is 0.0253. The third-order valence-corrected chi connectivity index (χ3v) is 7.81. The standard InChI is InChI=1S/C28H33FN2O9S/c1-17(28(33)34)39-14-13-38-12-11-37-10-9-31(41(2,35)36)23-16-24-22(15-21(23)18-3-4-18)25(27(30)32)26(40-24)19-5-7-20(29)8-6-19/h5-8,15-18H,3-4,9-14H2,1-2H3,(H2,30,32)(H,33,34). The number of carbonyl (C=O) groups excluding carboxylic acids is 1. The molecule has 2 aromatic carbocycles. The minimum atomic E-state index is -3.73.